The lowest BCUT2D eigenvalue weighted by Gasteiger charge is -2.09. The molecule has 9 nitrogen and oxygen atoms in total. The number of para-hydroxylation sites is 2. The predicted octanol–water partition coefficient (Wildman–Crippen LogP) is 3.55. The van der Waals surface area contributed by atoms with E-state index in [0.29, 0.717) is 35.6 Å². The van der Waals surface area contributed by atoms with E-state index in [4.69, 9.17) is 5.73 Å². The smallest absolute Gasteiger partial charge is 0.329 e. The molecule has 2 heterocycles. The molecule has 2 amide bonds. The molecule has 0 saturated carbocycles. The van der Waals surface area contributed by atoms with Crippen LogP contribution >= 0.6 is 0 Å². The third-order valence-corrected chi connectivity index (χ3v) is 6.37. The van der Waals surface area contributed by atoms with Crippen molar-refractivity contribution in [2.45, 2.75) is 13.1 Å². The van der Waals surface area contributed by atoms with Gasteiger partial charge in [-0.25, -0.2) is 4.79 Å². The van der Waals surface area contributed by atoms with Gasteiger partial charge in [0.2, 0.25) is 0 Å². The van der Waals surface area contributed by atoms with E-state index in [1.165, 1.54) is 0 Å². The molecule has 0 aliphatic heterocycles. The second-order valence-corrected chi connectivity index (χ2v) is 8.91. The van der Waals surface area contributed by atoms with Crippen LogP contribution in [0.4, 0.5) is 11.4 Å². The van der Waals surface area contributed by atoms with Crippen molar-refractivity contribution in [3.05, 3.63) is 124 Å². The van der Waals surface area contributed by atoms with Gasteiger partial charge in [0, 0.05) is 37.1 Å². The zero-order chi connectivity index (χ0) is 26.6. The second-order valence-electron chi connectivity index (χ2n) is 8.91. The Hall–Kier alpha value is -5.18. The van der Waals surface area contributed by atoms with Crippen LogP contribution in [0.5, 0.6) is 0 Å². The molecule has 2 aromatic heterocycles. The van der Waals surface area contributed by atoms with Gasteiger partial charge in [-0.2, -0.15) is 0 Å². The van der Waals surface area contributed by atoms with Crippen molar-refractivity contribution in [2.24, 2.45) is 7.05 Å². The van der Waals surface area contributed by atoms with E-state index in [9.17, 15) is 14.4 Å². The third kappa shape index (κ3) is 5.03. The summed E-state index contributed by atoms with van der Waals surface area (Å²) in [6.07, 6.45) is 3.14. The highest BCUT2D eigenvalue weighted by Crippen LogP contribution is 2.19. The average Bonchev–Trinajstić information content (AvgIpc) is 3.18. The molecule has 0 aliphatic carbocycles. The molecule has 0 fully saturated rings. The number of carbonyl (C=O) groups excluding carboxylic acids is 2. The van der Waals surface area contributed by atoms with Crippen LogP contribution in [0.1, 0.15) is 31.8 Å². The molecular formula is C29H26N6O3. The molecule has 0 spiro atoms. The lowest BCUT2D eigenvalue weighted by atomic mass is 10.1. The number of aryl methyl sites for hydroxylation is 1. The van der Waals surface area contributed by atoms with Crippen molar-refractivity contribution < 1.29 is 9.59 Å². The molecule has 38 heavy (non-hydrogen) atoms. The number of hydrogen-bond donors (Lipinski definition) is 3. The number of rotatable bonds is 7. The van der Waals surface area contributed by atoms with Gasteiger partial charge >= 0.3 is 5.69 Å². The first-order valence-electron chi connectivity index (χ1n) is 12.0. The maximum Gasteiger partial charge on any atom is 0.329 e. The first-order valence-corrected chi connectivity index (χ1v) is 12.0. The summed E-state index contributed by atoms with van der Waals surface area (Å²) in [4.78, 5) is 42.0. The Balaban J connectivity index is 1.33. The largest absolute Gasteiger partial charge is 0.397 e. The van der Waals surface area contributed by atoms with Gasteiger partial charge in [0.1, 0.15) is 0 Å². The van der Waals surface area contributed by atoms with Crippen molar-refractivity contribution in [1.82, 2.24) is 19.4 Å². The number of nitrogens with two attached hydrogens (primary N) is 1. The number of amides is 2. The zero-order valence-electron chi connectivity index (χ0n) is 20.7. The molecule has 0 aliphatic rings. The molecule has 0 saturated heterocycles. The summed E-state index contributed by atoms with van der Waals surface area (Å²) >= 11 is 0. The first kappa shape index (κ1) is 24.5. The molecule has 190 valence electrons. The van der Waals surface area contributed by atoms with Gasteiger partial charge in [0.15, 0.2) is 0 Å². The highest BCUT2D eigenvalue weighted by molar-refractivity contribution is 6.05. The first-order chi connectivity index (χ1) is 18.4. The summed E-state index contributed by atoms with van der Waals surface area (Å²) in [6, 6.07) is 23.2. The standard InChI is InChI=1S/C29H26N6O3/c1-34-25-11-8-20(17-32-27(36)22-12-14-31-15-13-22)16-26(25)35(29(34)38)18-19-6-9-21(10-7-19)28(37)33-24-5-3-2-4-23(24)30/h2-16H,17-18,30H2,1H3,(H,32,36)(H,33,37). The molecule has 3 aromatic carbocycles. The van der Waals surface area contributed by atoms with Gasteiger partial charge in [-0.3, -0.25) is 23.7 Å². The van der Waals surface area contributed by atoms with Crippen LogP contribution in [0.2, 0.25) is 0 Å². The number of carbonyl (C=O) groups is 2. The fourth-order valence-electron chi connectivity index (χ4n) is 4.26. The number of nitrogen functional groups attached to an aromatic ring is 1. The Morgan fingerprint density at radius 1 is 0.842 bits per heavy atom. The monoisotopic (exact) mass is 506 g/mol. The van der Waals surface area contributed by atoms with Crippen LogP contribution in [-0.2, 0) is 20.1 Å². The number of hydrogen-bond acceptors (Lipinski definition) is 5. The van der Waals surface area contributed by atoms with Crippen molar-refractivity contribution in [3.63, 3.8) is 0 Å². The Labute approximate surface area is 218 Å². The Morgan fingerprint density at radius 3 is 2.26 bits per heavy atom. The molecule has 0 unspecified atom stereocenters. The molecule has 9 heteroatoms. The minimum absolute atomic E-state index is 0.153. The maximum atomic E-state index is 13.0. The van der Waals surface area contributed by atoms with Gasteiger partial charge in [-0.1, -0.05) is 30.3 Å². The number of nitrogens with zero attached hydrogens (tertiary/aromatic N) is 3. The lowest BCUT2D eigenvalue weighted by molar-refractivity contribution is 0.0950. The fraction of sp³-hybridized carbons (Fsp3) is 0.103. The summed E-state index contributed by atoms with van der Waals surface area (Å²) in [5, 5.41) is 5.71. The third-order valence-electron chi connectivity index (χ3n) is 6.37. The van der Waals surface area contributed by atoms with E-state index >= 15 is 0 Å². The normalized spacial score (nSPS) is 10.9. The second kappa shape index (κ2) is 10.4. The fourth-order valence-corrected chi connectivity index (χ4v) is 4.26. The Bertz CT molecular complexity index is 1690. The Kier molecular flexibility index (Phi) is 6.73. The highest BCUT2D eigenvalue weighted by Gasteiger charge is 2.14. The number of benzene rings is 3. The summed E-state index contributed by atoms with van der Waals surface area (Å²) in [5.41, 5.74) is 11.1. The summed E-state index contributed by atoms with van der Waals surface area (Å²) in [6.45, 7) is 0.645. The van der Waals surface area contributed by atoms with E-state index in [2.05, 4.69) is 15.6 Å². The number of nitrogens with one attached hydrogen (secondary N) is 2. The lowest BCUT2D eigenvalue weighted by Crippen LogP contribution is -2.23. The maximum absolute atomic E-state index is 13.0. The summed E-state index contributed by atoms with van der Waals surface area (Å²) in [5.74, 6) is -0.466. The minimum Gasteiger partial charge on any atom is -0.397 e. The van der Waals surface area contributed by atoms with Crippen LogP contribution < -0.4 is 22.1 Å². The quantitative estimate of drug-likeness (QED) is 0.291. The van der Waals surface area contributed by atoms with E-state index in [1.807, 2.05) is 30.3 Å². The molecule has 0 radical (unpaired) electrons. The number of pyridine rings is 1. The number of imidazole rings is 1. The van der Waals surface area contributed by atoms with Crippen LogP contribution in [0.3, 0.4) is 0 Å². The van der Waals surface area contributed by atoms with Crippen LogP contribution in [0.25, 0.3) is 11.0 Å². The van der Waals surface area contributed by atoms with E-state index in [-0.39, 0.29) is 17.5 Å². The van der Waals surface area contributed by atoms with Crippen molar-refractivity contribution in [2.75, 3.05) is 11.1 Å². The number of aromatic nitrogens is 3. The zero-order valence-corrected chi connectivity index (χ0v) is 20.7. The molecular weight excluding hydrogens is 480 g/mol. The SMILES string of the molecule is Cn1c(=O)n(Cc2ccc(C(=O)Nc3ccccc3N)cc2)c2cc(CNC(=O)c3ccncc3)ccc21. The molecule has 5 rings (SSSR count). The van der Waals surface area contributed by atoms with Gasteiger partial charge < -0.3 is 16.4 Å². The van der Waals surface area contributed by atoms with E-state index < -0.39 is 0 Å². The van der Waals surface area contributed by atoms with Crippen LogP contribution in [0.15, 0.2) is 96.1 Å². The van der Waals surface area contributed by atoms with Crippen LogP contribution in [0, 0.1) is 0 Å². The van der Waals surface area contributed by atoms with Crippen molar-refractivity contribution in [1.29, 1.82) is 0 Å². The van der Waals surface area contributed by atoms with Crippen molar-refractivity contribution in [3.8, 4) is 0 Å². The molecule has 0 bridgehead atoms. The van der Waals surface area contributed by atoms with Gasteiger partial charge in [0.05, 0.1) is 29.0 Å². The molecule has 0 atom stereocenters. The minimum atomic E-state index is -0.268. The topological polar surface area (TPSA) is 124 Å². The van der Waals surface area contributed by atoms with Gasteiger partial charge in [-0.05, 0) is 59.7 Å². The molecule has 4 N–H and O–H groups in total. The average molecular weight is 507 g/mol. The molecule has 5 aromatic rings. The number of fused-ring (bicyclic) bond motifs is 1. The summed E-state index contributed by atoms with van der Waals surface area (Å²) < 4.78 is 3.28. The van der Waals surface area contributed by atoms with Crippen LogP contribution in [-0.4, -0.2) is 25.9 Å². The predicted molar refractivity (Wildman–Crippen MR) is 147 cm³/mol. The summed E-state index contributed by atoms with van der Waals surface area (Å²) in [7, 11) is 1.73. The highest BCUT2D eigenvalue weighted by atomic mass is 16.2. The van der Waals surface area contributed by atoms with Gasteiger partial charge in [-0.15, -0.1) is 0 Å². The Morgan fingerprint density at radius 2 is 1.53 bits per heavy atom. The number of anilines is 2. The van der Waals surface area contributed by atoms with E-state index in [0.717, 1.165) is 22.2 Å². The van der Waals surface area contributed by atoms with Gasteiger partial charge in [0.25, 0.3) is 11.8 Å². The van der Waals surface area contributed by atoms with Crippen molar-refractivity contribution >= 4 is 34.2 Å². The van der Waals surface area contributed by atoms with E-state index in [1.54, 1.807) is 77.1 Å².